The maximum absolute atomic E-state index is 12.2. The summed E-state index contributed by atoms with van der Waals surface area (Å²) in [4.78, 5) is 25.0. The Morgan fingerprint density at radius 2 is 2.00 bits per heavy atom. The predicted molar refractivity (Wildman–Crippen MR) is 92.7 cm³/mol. The number of hydrogen-bond donors (Lipinski definition) is 2. The summed E-state index contributed by atoms with van der Waals surface area (Å²) in [5.41, 5.74) is 0.421. The highest BCUT2D eigenvalue weighted by Gasteiger charge is 2.31. The number of carboxylic acids is 1. The summed E-state index contributed by atoms with van der Waals surface area (Å²) >= 11 is 6.02. The summed E-state index contributed by atoms with van der Waals surface area (Å²) in [6.07, 6.45) is 1.32. The number of aliphatic carboxylic acids is 1. The van der Waals surface area contributed by atoms with Crippen molar-refractivity contribution in [3.8, 4) is 11.5 Å². The van der Waals surface area contributed by atoms with Crippen molar-refractivity contribution in [3.63, 3.8) is 0 Å². The fraction of sp³-hybridized carbons (Fsp3) is 0.467. The molecule has 1 aliphatic heterocycles. The first-order valence-corrected chi connectivity index (χ1v) is 7.52. The van der Waals surface area contributed by atoms with Gasteiger partial charge in [-0.3, -0.25) is 14.5 Å². The van der Waals surface area contributed by atoms with Gasteiger partial charge in [0.15, 0.2) is 0 Å². The van der Waals surface area contributed by atoms with Crippen molar-refractivity contribution in [3.05, 3.63) is 17.2 Å². The van der Waals surface area contributed by atoms with Gasteiger partial charge >= 0.3 is 5.97 Å². The number of carbonyl (C=O) groups excluding carboxylic acids is 1. The lowest BCUT2D eigenvalue weighted by atomic mass is 10.2. The summed E-state index contributed by atoms with van der Waals surface area (Å²) in [7, 11) is 2.94. The van der Waals surface area contributed by atoms with Gasteiger partial charge in [-0.2, -0.15) is 0 Å². The van der Waals surface area contributed by atoms with Gasteiger partial charge in [0.2, 0.25) is 5.91 Å². The lowest BCUT2D eigenvalue weighted by Gasteiger charge is -2.20. The molecule has 0 bridgehead atoms. The van der Waals surface area contributed by atoms with E-state index in [9.17, 15) is 9.59 Å². The molecule has 1 aliphatic rings. The number of hydrogen-bond acceptors (Lipinski definition) is 5. The fourth-order valence-electron chi connectivity index (χ4n) is 2.63. The zero-order valence-corrected chi connectivity index (χ0v) is 14.9. The number of likely N-dealkylation sites (tertiary alicyclic amines) is 1. The maximum atomic E-state index is 12.2. The average molecular weight is 379 g/mol. The Kier molecular flexibility index (Phi) is 7.59. The molecule has 0 radical (unpaired) electrons. The molecule has 1 aromatic rings. The number of carboxylic acid groups (broad SMARTS) is 1. The van der Waals surface area contributed by atoms with E-state index in [0.717, 1.165) is 6.42 Å². The van der Waals surface area contributed by atoms with Crippen molar-refractivity contribution in [1.82, 2.24) is 4.90 Å². The smallest absolute Gasteiger partial charge is 0.320 e. The van der Waals surface area contributed by atoms with Gasteiger partial charge in [-0.15, -0.1) is 12.4 Å². The molecule has 2 N–H and O–H groups in total. The largest absolute Gasteiger partial charge is 0.495 e. The number of amides is 1. The molecule has 2 rings (SSSR count). The third-order valence-electron chi connectivity index (χ3n) is 3.74. The lowest BCUT2D eigenvalue weighted by molar-refractivity contribution is -0.142. The number of rotatable bonds is 6. The standard InChI is InChI=1S/C15H19ClN2O5.ClH/c1-22-12-7-10(13(23-2)6-9(12)16)17-14(19)8-18-5-3-4-11(18)15(20)21;/h6-7,11H,3-5,8H2,1-2H3,(H,17,19)(H,20,21);1H. The molecule has 1 atom stereocenters. The zero-order chi connectivity index (χ0) is 17.0. The molecular formula is C15H20Cl2N2O5. The molecule has 7 nitrogen and oxygen atoms in total. The molecule has 24 heavy (non-hydrogen) atoms. The minimum Gasteiger partial charge on any atom is -0.495 e. The summed E-state index contributed by atoms with van der Waals surface area (Å²) in [5.74, 6) is -0.408. The number of ether oxygens (including phenoxy) is 2. The number of methoxy groups -OCH3 is 2. The Bertz CT molecular complexity index is 612. The summed E-state index contributed by atoms with van der Waals surface area (Å²) < 4.78 is 10.3. The SMILES string of the molecule is COc1cc(NC(=O)CN2CCCC2C(=O)O)c(OC)cc1Cl.Cl. The predicted octanol–water partition coefficient (Wildman–Crippen LogP) is 2.27. The molecule has 0 saturated carbocycles. The molecule has 0 aromatic heterocycles. The van der Waals surface area contributed by atoms with E-state index in [4.69, 9.17) is 26.2 Å². The number of anilines is 1. The Morgan fingerprint density at radius 1 is 1.33 bits per heavy atom. The van der Waals surface area contributed by atoms with Gasteiger partial charge < -0.3 is 19.9 Å². The minimum atomic E-state index is -0.902. The number of nitrogens with one attached hydrogen (secondary N) is 1. The first-order chi connectivity index (χ1) is 11.0. The van der Waals surface area contributed by atoms with Gasteiger partial charge in [-0.25, -0.2) is 0 Å². The van der Waals surface area contributed by atoms with Crippen LogP contribution in [-0.2, 0) is 9.59 Å². The van der Waals surface area contributed by atoms with Gasteiger partial charge in [-0.1, -0.05) is 11.6 Å². The molecule has 1 aromatic carbocycles. The van der Waals surface area contributed by atoms with Crippen molar-refractivity contribution < 1.29 is 24.2 Å². The fourth-order valence-corrected chi connectivity index (χ4v) is 2.86. The van der Waals surface area contributed by atoms with Crippen molar-refractivity contribution in [2.45, 2.75) is 18.9 Å². The van der Waals surface area contributed by atoms with E-state index in [1.54, 1.807) is 17.0 Å². The summed E-state index contributed by atoms with van der Waals surface area (Å²) in [6.45, 7) is 0.594. The Morgan fingerprint density at radius 3 is 2.58 bits per heavy atom. The normalized spacial score (nSPS) is 17.0. The second-order valence-corrected chi connectivity index (χ2v) is 5.61. The van der Waals surface area contributed by atoms with Crippen LogP contribution in [0.1, 0.15) is 12.8 Å². The zero-order valence-electron chi connectivity index (χ0n) is 13.4. The van der Waals surface area contributed by atoms with Crippen molar-refractivity contribution in [2.75, 3.05) is 32.6 Å². The Balaban J connectivity index is 0.00000288. The van der Waals surface area contributed by atoms with Crippen LogP contribution in [0.3, 0.4) is 0 Å². The molecular weight excluding hydrogens is 359 g/mol. The molecule has 1 heterocycles. The molecule has 1 amide bonds. The van der Waals surface area contributed by atoms with E-state index in [1.165, 1.54) is 14.2 Å². The van der Waals surface area contributed by atoms with Crippen molar-refractivity contribution >= 4 is 41.6 Å². The Labute approximate surface area is 151 Å². The van der Waals surface area contributed by atoms with Crippen molar-refractivity contribution in [1.29, 1.82) is 0 Å². The summed E-state index contributed by atoms with van der Waals surface area (Å²) in [6, 6.07) is 2.51. The van der Waals surface area contributed by atoms with Gasteiger partial charge in [-0.05, 0) is 19.4 Å². The van der Waals surface area contributed by atoms with E-state index >= 15 is 0 Å². The number of carbonyl (C=O) groups is 2. The van der Waals surface area contributed by atoms with Crippen LogP contribution < -0.4 is 14.8 Å². The number of nitrogens with zero attached hydrogens (tertiary/aromatic N) is 1. The second kappa shape index (κ2) is 8.96. The van der Waals surface area contributed by atoms with Gasteiger partial charge in [0, 0.05) is 12.1 Å². The van der Waals surface area contributed by atoms with Crippen LogP contribution in [-0.4, -0.2) is 55.2 Å². The van der Waals surface area contributed by atoms with Crippen LogP contribution >= 0.6 is 24.0 Å². The topological polar surface area (TPSA) is 88.1 Å². The van der Waals surface area contributed by atoms with E-state index in [0.29, 0.717) is 35.2 Å². The van der Waals surface area contributed by atoms with Gasteiger partial charge in [0.05, 0.1) is 31.5 Å². The third-order valence-corrected chi connectivity index (χ3v) is 4.04. The van der Waals surface area contributed by atoms with Crippen LogP contribution in [0.4, 0.5) is 5.69 Å². The summed E-state index contributed by atoms with van der Waals surface area (Å²) in [5, 5.41) is 12.2. The van der Waals surface area contributed by atoms with Crippen LogP contribution in [0.2, 0.25) is 5.02 Å². The quantitative estimate of drug-likeness (QED) is 0.789. The van der Waals surface area contributed by atoms with Crippen molar-refractivity contribution in [2.24, 2.45) is 0 Å². The second-order valence-electron chi connectivity index (χ2n) is 5.20. The van der Waals surface area contributed by atoms with Crippen LogP contribution in [0.15, 0.2) is 12.1 Å². The first kappa shape index (κ1) is 20.3. The van der Waals surface area contributed by atoms with Gasteiger partial charge in [0.25, 0.3) is 0 Å². The average Bonchev–Trinajstić information content (AvgIpc) is 2.96. The monoisotopic (exact) mass is 378 g/mol. The highest BCUT2D eigenvalue weighted by molar-refractivity contribution is 6.32. The molecule has 1 saturated heterocycles. The third kappa shape index (κ3) is 4.66. The van der Waals surface area contributed by atoms with E-state index in [1.807, 2.05) is 0 Å². The molecule has 1 unspecified atom stereocenters. The maximum Gasteiger partial charge on any atom is 0.320 e. The highest BCUT2D eigenvalue weighted by Crippen LogP contribution is 2.35. The lowest BCUT2D eigenvalue weighted by Crippen LogP contribution is -2.40. The molecule has 9 heteroatoms. The number of halogens is 2. The van der Waals surface area contributed by atoms with E-state index in [2.05, 4.69) is 5.32 Å². The van der Waals surface area contributed by atoms with E-state index in [-0.39, 0.29) is 24.9 Å². The molecule has 1 fully saturated rings. The van der Waals surface area contributed by atoms with Gasteiger partial charge in [0.1, 0.15) is 17.5 Å². The van der Waals surface area contributed by atoms with Crippen LogP contribution in [0, 0.1) is 0 Å². The first-order valence-electron chi connectivity index (χ1n) is 7.14. The molecule has 0 aliphatic carbocycles. The Hall–Kier alpha value is -1.70. The molecule has 0 spiro atoms. The van der Waals surface area contributed by atoms with Crippen LogP contribution in [0.25, 0.3) is 0 Å². The minimum absolute atomic E-state index is 0. The molecule has 134 valence electrons. The van der Waals surface area contributed by atoms with E-state index < -0.39 is 12.0 Å². The number of benzene rings is 1. The highest BCUT2D eigenvalue weighted by atomic mass is 35.5. The van der Waals surface area contributed by atoms with Crippen LogP contribution in [0.5, 0.6) is 11.5 Å².